The highest BCUT2D eigenvalue weighted by atomic mass is 79.9. The van der Waals surface area contributed by atoms with E-state index in [0.29, 0.717) is 5.88 Å². The number of thioether (sulfide) groups is 1. The Bertz CT molecular complexity index is 343. The molecule has 0 saturated carbocycles. The fourth-order valence-corrected chi connectivity index (χ4v) is 2.16. The second-order valence-corrected chi connectivity index (χ2v) is 5.70. The molecule has 1 aromatic carbocycles. The van der Waals surface area contributed by atoms with Crippen molar-refractivity contribution in [1.29, 1.82) is 0 Å². The molecule has 0 radical (unpaired) electrons. The Morgan fingerprint density at radius 2 is 2.20 bits per heavy atom. The van der Waals surface area contributed by atoms with Gasteiger partial charge < -0.3 is 0 Å². The zero-order valence-corrected chi connectivity index (χ0v) is 11.7. The zero-order chi connectivity index (χ0) is 11.4. The molecule has 1 unspecified atom stereocenters. The molecule has 0 N–H and O–H groups in total. The molecule has 0 saturated heterocycles. The number of ketones is 1. The Labute approximate surface area is 108 Å². The molecule has 0 aromatic heterocycles. The highest BCUT2D eigenvalue weighted by molar-refractivity contribution is 9.10. The zero-order valence-electron chi connectivity index (χ0n) is 8.59. The lowest BCUT2D eigenvalue weighted by molar-refractivity contribution is 0.0995. The van der Waals surface area contributed by atoms with Crippen LogP contribution in [0.5, 0.6) is 0 Å². The van der Waals surface area contributed by atoms with Crippen LogP contribution in [-0.2, 0) is 5.88 Å². The molecule has 0 aliphatic carbocycles. The van der Waals surface area contributed by atoms with Crippen molar-refractivity contribution in [2.24, 2.45) is 0 Å². The first-order valence-electron chi connectivity index (χ1n) is 4.50. The molecule has 0 fully saturated rings. The van der Waals surface area contributed by atoms with E-state index in [2.05, 4.69) is 15.9 Å². The van der Waals surface area contributed by atoms with E-state index in [0.717, 1.165) is 16.0 Å². The van der Waals surface area contributed by atoms with Gasteiger partial charge in [0.15, 0.2) is 5.78 Å². The van der Waals surface area contributed by atoms with Gasteiger partial charge in [0, 0.05) is 16.3 Å². The molecule has 0 heterocycles. The number of alkyl halides is 2. The van der Waals surface area contributed by atoms with E-state index in [4.69, 9.17) is 11.6 Å². The lowest BCUT2D eigenvalue weighted by Gasteiger charge is -2.07. The van der Waals surface area contributed by atoms with Crippen molar-refractivity contribution >= 4 is 45.1 Å². The van der Waals surface area contributed by atoms with E-state index >= 15 is 0 Å². The lowest BCUT2D eigenvalue weighted by atomic mass is 10.1. The maximum Gasteiger partial charge on any atom is 0.176 e. The fraction of sp³-hybridized carbons (Fsp3) is 0.364. The molecule has 0 aliphatic rings. The van der Waals surface area contributed by atoms with Gasteiger partial charge in [0.2, 0.25) is 0 Å². The van der Waals surface area contributed by atoms with E-state index in [1.165, 1.54) is 0 Å². The molecule has 0 spiro atoms. The van der Waals surface area contributed by atoms with E-state index in [9.17, 15) is 4.79 Å². The minimum Gasteiger partial charge on any atom is -0.293 e. The second-order valence-electron chi connectivity index (χ2n) is 3.18. The molecule has 1 aromatic rings. The summed E-state index contributed by atoms with van der Waals surface area (Å²) in [7, 11) is 0. The quantitative estimate of drug-likeness (QED) is 0.473. The Balaban J connectivity index is 3.12. The monoisotopic (exact) mass is 306 g/mol. The molecule has 0 aliphatic heterocycles. The average Bonchev–Trinajstić information content (AvgIpc) is 2.27. The molecule has 4 heteroatoms. The Hall–Kier alpha value is 0.01000. The van der Waals surface area contributed by atoms with Crippen LogP contribution in [0.3, 0.4) is 0 Å². The van der Waals surface area contributed by atoms with Crippen molar-refractivity contribution in [1.82, 2.24) is 0 Å². The number of halogens is 2. The Morgan fingerprint density at radius 1 is 1.53 bits per heavy atom. The Morgan fingerprint density at radius 3 is 2.67 bits per heavy atom. The van der Waals surface area contributed by atoms with Gasteiger partial charge in [-0.3, -0.25) is 4.79 Å². The molecule has 1 nitrogen and oxygen atoms in total. The summed E-state index contributed by atoms with van der Waals surface area (Å²) in [6.45, 7) is 1.83. The molecule has 1 rings (SSSR count). The standard InChI is InChI=1S/C11H12BrClOS/c1-7(12)11(14)9-3-8(6-13)4-10(5-9)15-2/h3-5,7H,6H2,1-2H3. The summed E-state index contributed by atoms with van der Waals surface area (Å²) in [6, 6.07) is 5.76. The van der Waals surface area contributed by atoms with Gasteiger partial charge in [-0.05, 0) is 36.9 Å². The van der Waals surface area contributed by atoms with Crippen molar-refractivity contribution in [3.63, 3.8) is 0 Å². The number of rotatable bonds is 4. The van der Waals surface area contributed by atoms with Crippen LogP contribution in [0.4, 0.5) is 0 Å². The van der Waals surface area contributed by atoms with Crippen LogP contribution in [-0.4, -0.2) is 16.9 Å². The van der Waals surface area contributed by atoms with Gasteiger partial charge in [-0.1, -0.05) is 15.9 Å². The number of benzene rings is 1. The van der Waals surface area contributed by atoms with Crippen molar-refractivity contribution in [2.45, 2.75) is 22.5 Å². The van der Waals surface area contributed by atoms with E-state index in [-0.39, 0.29) is 10.6 Å². The molecule has 1 atom stereocenters. The molecule has 0 amide bonds. The van der Waals surface area contributed by atoms with Crippen LogP contribution in [0, 0.1) is 0 Å². The van der Waals surface area contributed by atoms with Gasteiger partial charge in [-0.2, -0.15) is 0 Å². The van der Waals surface area contributed by atoms with Gasteiger partial charge in [0.1, 0.15) is 0 Å². The van der Waals surface area contributed by atoms with Crippen LogP contribution in [0.15, 0.2) is 23.1 Å². The van der Waals surface area contributed by atoms with Gasteiger partial charge >= 0.3 is 0 Å². The van der Waals surface area contributed by atoms with E-state index in [1.807, 2.05) is 31.4 Å². The summed E-state index contributed by atoms with van der Waals surface area (Å²) in [4.78, 5) is 12.7. The number of carbonyl (C=O) groups excluding carboxylic acids is 1. The first-order chi connectivity index (χ1) is 7.08. The van der Waals surface area contributed by atoms with Crippen molar-refractivity contribution in [3.8, 4) is 0 Å². The topological polar surface area (TPSA) is 17.1 Å². The normalized spacial score (nSPS) is 12.5. The molecular weight excluding hydrogens is 296 g/mol. The summed E-state index contributed by atoms with van der Waals surface area (Å²) in [5.41, 5.74) is 1.71. The van der Waals surface area contributed by atoms with Gasteiger partial charge in [0.05, 0.1) is 4.83 Å². The van der Waals surface area contributed by atoms with Crippen molar-refractivity contribution < 1.29 is 4.79 Å². The third-order valence-corrected chi connectivity index (χ3v) is 3.43. The first-order valence-corrected chi connectivity index (χ1v) is 7.18. The molecule has 0 bridgehead atoms. The maximum absolute atomic E-state index is 11.8. The second kappa shape index (κ2) is 5.92. The van der Waals surface area contributed by atoms with E-state index in [1.54, 1.807) is 11.8 Å². The lowest BCUT2D eigenvalue weighted by Crippen LogP contribution is -2.10. The largest absolute Gasteiger partial charge is 0.293 e. The number of Topliss-reactive ketones (excluding diaryl/α,β-unsaturated/α-hetero) is 1. The van der Waals surface area contributed by atoms with Crippen molar-refractivity contribution in [2.75, 3.05) is 6.26 Å². The Kier molecular flexibility index (Phi) is 5.16. The van der Waals surface area contributed by atoms with Gasteiger partial charge in [0.25, 0.3) is 0 Å². The highest BCUT2D eigenvalue weighted by Crippen LogP contribution is 2.22. The first kappa shape index (κ1) is 13.1. The predicted octanol–water partition coefficient (Wildman–Crippen LogP) is 4.11. The van der Waals surface area contributed by atoms with Crippen molar-refractivity contribution in [3.05, 3.63) is 29.3 Å². The van der Waals surface area contributed by atoms with Crippen LogP contribution in [0.25, 0.3) is 0 Å². The van der Waals surface area contributed by atoms with Crippen LogP contribution in [0.1, 0.15) is 22.8 Å². The van der Waals surface area contributed by atoms with Crippen LogP contribution >= 0.6 is 39.3 Å². The summed E-state index contributed by atoms with van der Waals surface area (Å²) in [6.07, 6.45) is 1.99. The summed E-state index contributed by atoms with van der Waals surface area (Å²) < 4.78 is 0. The predicted molar refractivity (Wildman–Crippen MR) is 70.5 cm³/mol. The van der Waals surface area contributed by atoms with Crippen LogP contribution in [0.2, 0.25) is 0 Å². The minimum atomic E-state index is -0.155. The maximum atomic E-state index is 11.8. The minimum absolute atomic E-state index is 0.0947. The molecule has 15 heavy (non-hydrogen) atoms. The molecular formula is C11H12BrClOS. The molecule has 82 valence electrons. The number of hydrogen-bond donors (Lipinski definition) is 0. The van der Waals surface area contributed by atoms with Gasteiger partial charge in [-0.15, -0.1) is 23.4 Å². The summed E-state index contributed by atoms with van der Waals surface area (Å²) >= 11 is 10.7. The fourth-order valence-electron chi connectivity index (χ4n) is 1.23. The summed E-state index contributed by atoms with van der Waals surface area (Å²) in [5.74, 6) is 0.531. The SMILES string of the molecule is CSc1cc(CCl)cc(C(=O)C(C)Br)c1. The third kappa shape index (κ3) is 3.51. The summed E-state index contributed by atoms with van der Waals surface area (Å²) in [5, 5.41) is 0. The van der Waals surface area contributed by atoms with Gasteiger partial charge in [-0.25, -0.2) is 0 Å². The smallest absolute Gasteiger partial charge is 0.176 e. The van der Waals surface area contributed by atoms with E-state index < -0.39 is 0 Å². The highest BCUT2D eigenvalue weighted by Gasteiger charge is 2.13. The number of carbonyl (C=O) groups is 1. The average molecular weight is 308 g/mol. The third-order valence-electron chi connectivity index (χ3n) is 2.00. The van der Waals surface area contributed by atoms with Crippen LogP contribution < -0.4 is 0 Å². The number of hydrogen-bond acceptors (Lipinski definition) is 2.